The molecule has 26 heavy (non-hydrogen) atoms. The first kappa shape index (κ1) is 18.5. The van der Waals surface area contributed by atoms with E-state index in [1.165, 1.54) is 31.2 Å². The molecule has 1 fully saturated rings. The van der Waals surface area contributed by atoms with Gasteiger partial charge in [-0.05, 0) is 19.1 Å². The second-order valence-electron chi connectivity index (χ2n) is 5.92. The van der Waals surface area contributed by atoms with E-state index >= 15 is 0 Å². The average Bonchev–Trinajstić information content (AvgIpc) is 2.82. The largest absolute Gasteiger partial charge is 0.387 e. The summed E-state index contributed by atoms with van der Waals surface area (Å²) < 4.78 is 20.0. The topological polar surface area (TPSA) is 128 Å². The van der Waals surface area contributed by atoms with Gasteiger partial charge < -0.3 is 20.7 Å². The van der Waals surface area contributed by atoms with Gasteiger partial charge in [0.1, 0.15) is 12.2 Å². The maximum absolute atomic E-state index is 14.0. The highest BCUT2D eigenvalue weighted by Crippen LogP contribution is 2.38. The fourth-order valence-electron chi connectivity index (χ4n) is 2.93. The molecule has 0 aliphatic carbocycles. The van der Waals surface area contributed by atoms with Gasteiger partial charge in [-0.3, -0.25) is 9.36 Å². The molecule has 8 nitrogen and oxygen atoms in total. The molecule has 1 aliphatic rings. The highest BCUT2D eigenvalue weighted by atomic mass is 35.5. The van der Waals surface area contributed by atoms with Crippen LogP contribution in [0.1, 0.15) is 17.3 Å². The van der Waals surface area contributed by atoms with Crippen LogP contribution in [0.3, 0.4) is 0 Å². The molecular formula is C16H15ClFN3O5. The normalized spacial score (nSPS) is 28.3. The molecule has 2 heterocycles. The quantitative estimate of drug-likeness (QED) is 0.650. The van der Waals surface area contributed by atoms with Crippen LogP contribution in [0.5, 0.6) is 0 Å². The summed E-state index contributed by atoms with van der Waals surface area (Å²) in [6, 6.07) is 5.68. The lowest BCUT2D eigenvalue weighted by Gasteiger charge is -2.32. The lowest BCUT2D eigenvalue weighted by atomic mass is 9.93. The van der Waals surface area contributed by atoms with Crippen molar-refractivity contribution >= 4 is 23.2 Å². The van der Waals surface area contributed by atoms with Crippen LogP contribution in [0.15, 0.2) is 35.3 Å². The number of anilines is 1. The summed E-state index contributed by atoms with van der Waals surface area (Å²) >= 11 is 5.90. The molecule has 1 saturated heterocycles. The van der Waals surface area contributed by atoms with E-state index < -0.39 is 47.1 Å². The van der Waals surface area contributed by atoms with Crippen molar-refractivity contribution in [2.75, 3.05) is 5.73 Å². The number of aliphatic hydroxyl groups excluding tert-OH is 2. The number of hydrogen-bond donors (Lipinski definition) is 3. The maximum atomic E-state index is 14.0. The summed E-state index contributed by atoms with van der Waals surface area (Å²) in [6.45, 7) is 1.40. The highest BCUT2D eigenvalue weighted by molar-refractivity contribution is 6.31. The van der Waals surface area contributed by atoms with Crippen molar-refractivity contribution in [3.63, 3.8) is 0 Å². The summed E-state index contributed by atoms with van der Waals surface area (Å²) in [7, 11) is 0. The number of ether oxygens (including phenoxy) is 1. The average molecular weight is 384 g/mol. The van der Waals surface area contributed by atoms with E-state index in [0.29, 0.717) is 10.8 Å². The van der Waals surface area contributed by atoms with E-state index in [2.05, 4.69) is 4.98 Å². The molecule has 1 aliphatic heterocycles. The third-order valence-corrected chi connectivity index (χ3v) is 4.49. The molecule has 3 rings (SSSR count). The van der Waals surface area contributed by atoms with Crippen molar-refractivity contribution in [3.05, 3.63) is 57.3 Å². The van der Waals surface area contributed by atoms with Crippen LogP contribution < -0.4 is 11.4 Å². The van der Waals surface area contributed by atoms with E-state index in [9.17, 15) is 24.2 Å². The van der Waals surface area contributed by atoms with Crippen LogP contribution in [0.2, 0.25) is 5.02 Å². The molecule has 0 bridgehead atoms. The van der Waals surface area contributed by atoms with Gasteiger partial charge in [-0.2, -0.15) is 4.98 Å². The fourth-order valence-corrected chi connectivity index (χ4v) is 3.12. The zero-order chi connectivity index (χ0) is 19.2. The van der Waals surface area contributed by atoms with Gasteiger partial charge in [-0.15, -0.1) is 0 Å². The maximum Gasteiger partial charge on any atom is 0.352 e. The number of aliphatic hydroxyl groups is 2. The Balaban J connectivity index is 2.27. The van der Waals surface area contributed by atoms with Gasteiger partial charge in [-0.1, -0.05) is 23.7 Å². The van der Waals surface area contributed by atoms with Gasteiger partial charge in [0.25, 0.3) is 0 Å². The molecule has 138 valence electrons. The molecule has 0 unspecified atom stereocenters. The van der Waals surface area contributed by atoms with E-state index in [1.807, 2.05) is 0 Å². The zero-order valence-corrected chi connectivity index (χ0v) is 14.2. The number of nitrogens with zero attached hydrogens (tertiary/aromatic N) is 2. The predicted molar refractivity (Wildman–Crippen MR) is 89.2 cm³/mol. The fraction of sp³-hybridized carbons (Fsp3) is 0.312. The Morgan fingerprint density at radius 3 is 2.73 bits per heavy atom. The second kappa shape index (κ2) is 6.44. The molecule has 1 aromatic carbocycles. The molecule has 2 aromatic rings. The molecule has 0 amide bonds. The second-order valence-corrected chi connectivity index (χ2v) is 6.36. The molecule has 1 aromatic heterocycles. The van der Waals surface area contributed by atoms with Crippen LogP contribution in [0, 0.1) is 5.82 Å². The van der Waals surface area contributed by atoms with Gasteiger partial charge >= 0.3 is 5.69 Å². The van der Waals surface area contributed by atoms with Crippen molar-refractivity contribution in [1.29, 1.82) is 0 Å². The summed E-state index contributed by atoms with van der Waals surface area (Å²) in [5, 5.41) is 20.9. The summed E-state index contributed by atoms with van der Waals surface area (Å²) in [4.78, 5) is 28.8. The minimum absolute atomic E-state index is 0.0121. The van der Waals surface area contributed by atoms with Gasteiger partial charge in [-0.25, -0.2) is 9.18 Å². The van der Waals surface area contributed by atoms with Crippen LogP contribution in [-0.2, 0) is 10.5 Å². The predicted octanol–water partition coefficient (Wildman–Crippen LogP) is 0.294. The Bertz CT molecular complexity index is 936. The molecule has 0 spiro atoms. The summed E-state index contributed by atoms with van der Waals surface area (Å²) in [5.41, 5.74) is 1.71. The summed E-state index contributed by atoms with van der Waals surface area (Å²) in [5.74, 6) is -2.66. The van der Waals surface area contributed by atoms with Crippen LogP contribution in [0.4, 0.5) is 10.2 Å². The lowest BCUT2D eigenvalue weighted by molar-refractivity contribution is -0.108. The Morgan fingerprint density at radius 1 is 1.46 bits per heavy atom. The number of nitrogens with two attached hydrogens (primary N) is 1. The van der Waals surface area contributed by atoms with E-state index in [0.717, 1.165) is 0 Å². The van der Waals surface area contributed by atoms with Gasteiger partial charge in [0.2, 0.25) is 11.5 Å². The SMILES string of the molecule is C[C@H]1O[C@@](C(=O)c2cccc(Cl)c2)(n2cc(F)c(N)nc2=O)[C@H](O)[C@@H]1O. The van der Waals surface area contributed by atoms with Crippen molar-refractivity contribution in [1.82, 2.24) is 9.55 Å². The van der Waals surface area contributed by atoms with Gasteiger partial charge in [0.05, 0.1) is 12.3 Å². The number of ketones is 1. The summed E-state index contributed by atoms with van der Waals surface area (Å²) in [6.07, 6.45) is -3.79. The minimum Gasteiger partial charge on any atom is -0.387 e. The lowest BCUT2D eigenvalue weighted by Crippen LogP contribution is -2.56. The third kappa shape index (κ3) is 2.69. The number of carbonyl (C=O) groups excluding carboxylic acids is 1. The van der Waals surface area contributed by atoms with Gasteiger partial charge in [0.15, 0.2) is 11.6 Å². The number of hydrogen-bond acceptors (Lipinski definition) is 7. The van der Waals surface area contributed by atoms with E-state index in [1.54, 1.807) is 0 Å². The number of halogens is 2. The number of nitrogen functional groups attached to an aromatic ring is 1. The van der Waals surface area contributed by atoms with Crippen molar-refractivity contribution in [3.8, 4) is 0 Å². The number of aromatic nitrogens is 2. The van der Waals surface area contributed by atoms with Crippen LogP contribution >= 0.6 is 11.6 Å². The zero-order valence-electron chi connectivity index (χ0n) is 13.5. The first-order chi connectivity index (χ1) is 12.2. The number of Topliss-reactive ketones (excluding diaryl/α,β-unsaturated/α-hetero) is 1. The molecule has 0 radical (unpaired) electrons. The first-order valence-corrected chi connectivity index (χ1v) is 7.95. The first-order valence-electron chi connectivity index (χ1n) is 7.58. The molecule has 4 N–H and O–H groups in total. The monoisotopic (exact) mass is 383 g/mol. The smallest absolute Gasteiger partial charge is 0.352 e. The Hall–Kier alpha value is -2.33. The number of rotatable bonds is 3. The third-order valence-electron chi connectivity index (χ3n) is 4.25. The standard InChI is InChI=1S/C16H15ClFN3O5/c1-7-11(22)13(24)16(26-7,12(23)8-3-2-4-9(17)5-8)21-6-10(18)14(19)20-15(21)25/h2-7,11,13,22,24H,1H3,(H2,19,20,25)/t7-,11-,13-,16-/m1/s1. The van der Waals surface area contributed by atoms with E-state index in [-0.39, 0.29) is 10.6 Å². The molecule has 4 atom stereocenters. The van der Waals surface area contributed by atoms with Crippen molar-refractivity contribution < 1.29 is 24.1 Å². The number of carbonyl (C=O) groups is 1. The Kier molecular flexibility index (Phi) is 4.57. The minimum atomic E-state index is -2.43. The Morgan fingerprint density at radius 2 is 2.15 bits per heavy atom. The van der Waals surface area contributed by atoms with Crippen molar-refractivity contribution in [2.24, 2.45) is 0 Å². The van der Waals surface area contributed by atoms with Crippen LogP contribution in [-0.4, -0.2) is 43.9 Å². The van der Waals surface area contributed by atoms with Gasteiger partial charge in [0, 0.05) is 10.6 Å². The van der Waals surface area contributed by atoms with Crippen molar-refractivity contribution in [2.45, 2.75) is 31.0 Å². The Labute approximate surface area is 151 Å². The number of benzene rings is 1. The molecule has 0 saturated carbocycles. The molecule has 10 heteroatoms. The van der Waals surface area contributed by atoms with E-state index in [4.69, 9.17) is 22.1 Å². The van der Waals surface area contributed by atoms with Crippen LogP contribution in [0.25, 0.3) is 0 Å². The molecular weight excluding hydrogens is 369 g/mol. The highest BCUT2D eigenvalue weighted by Gasteiger charge is 2.60.